The predicted octanol–water partition coefficient (Wildman–Crippen LogP) is 3.76. The Morgan fingerprint density at radius 1 is 1.17 bits per heavy atom. The minimum atomic E-state index is -0.371. The second-order valence-electron chi connectivity index (χ2n) is 6.54. The van der Waals surface area contributed by atoms with Gasteiger partial charge in [-0.2, -0.15) is 0 Å². The summed E-state index contributed by atoms with van der Waals surface area (Å²) in [6.45, 7) is 0.621. The molecule has 3 nitrogen and oxygen atoms in total. The summed E-state index contributed by atoms with van der Waals surface area (Å²) in [5.74, 6) is -0.305. The summed E-state index contributed by atoms with van der Waals surface area (Å²) in [6, 6.07) is 14.3. The predicted molar refractivity (Wildman–Crippen MR) is 91.4 cm³/mol. The summed E-state index contributed by atoms with van der Waals surface area (Å²) in [4.78, 5) is 17.2. The number of halogens is 1. The number of aliphatic imine (C=N–C) groups is 1. The van der Waals surface area contributed by atoms with Gasteiger partial charge in [-0.15, -0.1) is 0 Å². The average Bonchev–Trinajstić information content (AvgIpc) is 3.44. The third-order valence-electron chi connectivity index (χ3n) is 4.79. The number of hydrogen-bond donors (Lipinski definition) is 1. The van der Waals surface area contributed by atoms with Crippen LogP contribution in [0.2, 0.25) is 0 Å². The van der Waals surface area contributed by atoms with Gasteiger partial charge in [-0.1, -0.05) is 36.4 Å². The van der Waals surface area contributed by atoms with E-state index in [1.165, 1.54) is 12.1 Å². The number of fused-ring (bicyclic) bond motifs is 1. The minimum absolute atomic E-state index is 0.0629. The Morgan fingerprint density at radius 2 is 2.00 bits per heavy atom. The molecule has 0 saturated heterocycles. The molecule has 2 aromatic rings. The summed E-state index contributed by atoms with van der Waals surface area (Å²) in [5.41, 5.74) is 2.94. The molecule has 1 heterocycles. The molecule has 4 heteroatoms. The van der Waals surface area contributed by atoms with Crippen LogP contribution in [0.15, 0.2) is 53.5 Å². The number of hydrogen-bond acceptors (Lipinski definition) is 2. The summed E-state index contributed by atoms with van der Waals surface area (Å²) < 4.78 is 13.6. The first-order valence-corrected chi connectivity index (χ1v) is 8.36. The first kappa shape index (κ1) is 15.1. The Kier molecular flexibility index (Phi) is 3.89. The molecule has 1 fully saturated rings. The monoisotopic (exact) mass is 322 g/mol. The number of carbonyl (C=O) groups is 1. The van der Waals surface area contributed by atoms with Gasteiger partial charge < -0.3 is 5.32 Å². The van der Waals surface area contributed by atoms with E-state index in [4.69, 9.17) is 0 Å². The average molecular weight is 322 g/mol. The molecule has 1 aliphatic heterocycles. The van der Waals surface area contributed by atoms with E-state index in [1.807, 2.05) is 30.3 Å². The molecule has 2 aromatic carbocycles. The molecule has 0 radical (unpaired) electrons. The molecular formula is C20H19FN2O. The van der Waals surface area contributed by atoms with Gasteiger partial charge in [0.25, 0.3) is 0 Å². The van der Waals surface area contributed by atoms with Crippen molar-refractivity contribution in [2.24, 2.45) is 10.9 Å². The summed E-state index contributed by atoms with van der Waals surface area (Å²) in [6.07, 6.45) is 3.86. The van der Waals surface area contributed by atoms with Crippen LogP contribution in [-0.4, -0.2) is 12.1 Å². The Morgan fingerprint density at radius 3 is 2.79 bits per heavy atom. The molecule has 0 spiro atoms. The molecule has 1 amide bonds. The second kappa shape index (κ2) is 6.19. The number of nitrogens with one attached hydrogen (secondary N) is 1. The largest absolute Gasteiger partial charge is 0.348 e. The topological polar surface area (TPSA) is 41.5 Å². The standard InChI is InChI=1S/C20H19FN2O/c21-16-6-3-5-14(10-16)19(13-8-9-13)23-20(24)18-12-22-11-15-4-1-2-7-17(15)18/h1-7,10,12-13,18-19H,8-9,11H2,(H,23,24)/t18?,19-/m1/s1. The fourth-order valence-electron chi connectivity index (χ4n) is 3.37. The van der Waals surface area contributed by atoms with Crippen LogP contribution < -0.4 is 5.32 Å². The van der Waals surface area contributed by atoms with Gasteiger partial charge >= 0.3 is 0 Å². The van der Waals surface area contributed by atoms with E-state index >= 15 is 0 Å². The van der Waals surface area contributed by atoms with Gasteiger partial charge in [-0.05, 0) is 47.6 Å². The van der Waals surface area contributed by atoms with Crippen molar-refractivity contribution in [3.8, 4) is 0 Å². The zero-order chi connectivity index (χ0) is 16.5. The number of amides is 1. The van der Waals surface area contributed by atoms with E-state index < -0.39 is 0 Å². The normalized spacial score (nSPS) is 20.3. The van der Waals surface area contributed by atoms with E-state index in [9.17, 15) is 9.18 Å². The molecule has 1 unspecified atom stereocenters. The van der Waals surface area contributed by atoms with Crippen molar-refractivity contribution in [2.75, 3.05) is 0 Å². The van der Waals surface area contributed by atoms with Gasteiger partial charge in [-0.25, -0.2) is 4.39 Å². The van der Waals surface area contributed by atoms with Crippen LogP contribution >= 0.6 is 0 Å². The van der Waals surface area contributed by atoms with Gasteiger partial charge in [-0.3, -0.25) is 9.79 Å². The zero-order valence-electron chi connectivity index (χ0n) is 13.3. The molecule has 0 bridgehead atoms. The third kappa shape index (κ3) is 2.96. The van der Waals surface area contributed by atoms with Crippen LogP contribution in [0.25, 0.3) is 0 Å². The first-order chi connectivity index (χ1) is 11.7. The van der Waals surface area contributed by atoms with Crippen molar-refractivity contribution in [3.63, 3.8) is 0 Å². The van der Waals surface area contributed by atoms with Gasteiger partial charge in [0.2, 0.25) is 5.91 Å². The first-order valence-electron chi connectivity index (χ1n) is 8.36. The molecular weight excluding hydrogens is 303 g/mol. The Labute approximate surface area is 140 Å². The van der Waals surface area contributed by atoms with Crippen molar-refractivity contribution in [1.82, 2.24) is 5.32 Å². The lowest BCUT2D eigenvalue weighted by Gasteiger charge is -2.24. The van der Waals surface area contributed by atoms with Crippen LogP contribution in [0.5, 0.6) is 0 Å². The fraction of sp³-hybridized carbons (Fsp3) is 0.300. The molecule has 0 aromatic heterocycles. The molecule has 2 atom stereocenters. The van der Waals surface area contributed by atoms with E-state index in [0.29, 0.717) is 12.5 Å². The quantitative estimate of drug-likeness (QED) is 0.915. The van der Waals surface area contributed by atoms with Crippen molar-refractivity contribution >= 4 is 12.1 Å². The highest BCUT2D eigenvalue weighted by Gasteiger charge is 2.35. The molecule has 24 heavy (non-hydrogen) atoms. The van der Waals surface area contributed by atoms with Gasteiger partial charge in [0, 0.05) is 6.21 Å². The summed E-state index contributed by atoms with van der Waals surface area (Å²) in [5, 5.41) is 3.14. The van der Waals surface area contributed by atoms with Crippen LogP contribution in [0.3, 0.4) is 0 Å². The Hall–Kier alpha value is -2.49. The highest BCUT2D eigenvalue weighted by atomic mass is 19.1. The van der Waals surface area contributed by atoms with Crippen molar-refractivity contribution in [3.05, 3.63) is 71.0 Å². The van der Waals surface area contributed by atoms with Crippen molar-refractivity contribution in [2.45, 2.75) is 31.3 Å². The van der Waals surface area contributed by atoms with Crippen molar-refractivity contribution < 1.29 is 9.18 Å². The van der Waals surface area contributed by atoms with Gasteiger partial charge in [0.1, 0.15) is 5.82 Å². The summed E-state index contributed by atoms with van der Waals surface area (Å²) >= 11 is 0. The summed E-state index contributed by atoms with van der Waals surface area (Å²) in [7, 11) is 0. The number of benzene rings is 2. The molecule has 1 saturated carbocycles. The van der Waals surface area contributed by atoms with E-state index in [-0.39, 0.29) is 23.7 Å². The van der Waals surface area contributed by atoms with E-state index in [0.717, 1.165) is 29.5 Å². The molecule has 2 aliphatic rings. The smallest absolute Gasteiger partial charge is 0.233 e. The van der Waals surface area contributed by atoms with Crippen LogP contribution in [-0.2, 0) is 11.3 Å². The van der Waals surface area contributed by atoms with E-state index in [1.54, 1.807) is 12.3 Å². The van der Waals surface area contributed by atoms with Gasteiger partial charge in [0.15, 0.2) is 0 Å². The maximum absolute atomic E-state index is 13.6. The highest BCUT2D eigenvalue weighted by molar-refractivity contribution is 6.00. The number of carbonyl (C=O) groups excluding carboxylic acids is 1. The lowest BCUT2D eigenvalue weighted by atomic mass is 9.91. The van der Waals surface area contributed by atoms with Crippen LogP contribution in [0.4, 0.5) is 4.39 Å². The molecule has 1 aliphatic carbocycles. The number of rotatable bonds is 4. The molecule has 4 rings (SSSR count). The van der Waals surface area contributed by atoms with E-state index in [2.05, 4.69) is 10.3 Å². The van der Waals surface area contributed by atoms with Crippen molar-refractivity contribution in [1.29, 1.82) is 0 Å². The Balaban J connectivity index is 1.58. The maximum Gasteiger partial charge on any atom is 0.233 e. The van der Waals surface area contributed by atoms with Gasteiger partial charge in [0.05, 0.1) is 18.5 Å². The highest BCUT2D eigenvalue weighted by Crippen LogP contribution is 2.41. The van der Waals surface area contributed by atoms with Crippen LogP contribution in [0, 0.1) is 11.7 Å². The molecule has 122 valence electrons. The SMILES string of the molecule is O=C(N[C@@H](c1cccc(F)c1)C1CC1)C1C=NCc2ccccc21. The number of nitrogens with zero attached hydrogens (tertiary/aromatic N) is 1. The third-order valence-corrected chi connectivity index (χ3v) is 4.79. The second-order valence-corrected chi connectivity index (χ2v) is 6.54. The minimum Gasteiger partial charge on any atom is -0.348 e. The lowest BCUT2D eigenvalue weighted by Crippen LogP contribution is -2.35. The fourth-order valence-corrected chi connectivity index (χ4v) is 3.37. The van der Waals surface area contributed by atoms with Crippen LogP contribution in [0.1, 0.15) is 41.5 Å². The zero-order valence-corrected chi connectivity index (χ0v) is 13.3. The molecule has 1 N–H and O–H groups in total. The lowest BCUT2D eigenvalue weighted by molar-refractivity contribution is -0.122. The maximum atomic E-state index is 13.6. The Bertz CT molecular complexity index is 798.